The standard InChI is InChI=1S/C16H23ClN2O3/c1-10-8-19(9-11(2)22-10)12(3)16(20)18-13-5-6-15(21-4)14(17)7-13/h5-7,10-12H,8-9H2,1-4H3,(H,18,20)/p+1/t10-,11+,12-/m0/s1. The molecule has 0 saturated carbocycles. The molecule has 5 nitrogen and oxygen atoms in total. The Balaban J connectivity index is 2.00. The van der Waals surface area contributed by atoms with Gasteiger partial charge in [-0.25, -0.2) is 0 Å². The molecule has 0 aliphatic carbocycles. The van der Waals surface area contributed by atoms with E-state index in [0.717, 1.165) is 13.1 Å². The van der Waals surface area contributed by atoms with Gasteiger partial charge in [-0.3, -0.25) is 4.79 Å². The number of benzene rings is 1. The number of quaternary nitrogens is 1. The average molecular weight is 328 g/mol. The van der Waals surface area contributed by atoms with E-state index in [9.17, 15) is 4.79 Å². The van der Waals surface area contributed by atoms with Crippen LogP contribution in [0.15, 0.2) is 18.2 Å². The van der Waals surface area contributed by atoms with Crippen LogP contribution in [-0.2, 0) is 9.53 Å². The second kappa shape index (κ2) is 7.31. The Kier molecular flexibility index (Phi) is 5.67. The first-order valence-electron chi connectivity index (χ1n) is 7.55. The van der Waals surface area contributed by atoms with Crippen LogP contribution in [0.4, 0.5) is 5.69 Å². The zero-order chi connectivity index (χ0) is 16.3. The van der Waals surface area contributed by atoms with Crippen LogP contribution in [0.1, 0.15) is 20.8 Å². The van der Waals surface area contributed by atoms with Gasteiger partial charge < -0.3 is 19.7 Å². The molecule has 1 heterocycles. The van der Waals surface area contributed by atoms with Gasteiger partial charge in [0.1, 0.15) is 31.0 Å². The fraction of sp³-hybridized carbons (Fsp3) is 0.562. The Bertz CT molecular complexity index is 528. The third kappa shape index (κ3) is 4.12. The molecule has 0 radical (unpaired) electrons. The van der Waals surface area contributed by atoms with Crippen molar-refractivity contribution < 1.29 is 19.2 Å². The predicted molar refractivity (Wildman–Crippen MR) is 86.8 cm³/mol. The van der Waals surface area contributed by atoms with Crippen LogP contribution in [0.25, 0.3) is 0 Å². The average Bonchev–Trinajstić information content (AvgIpc) is 2.45. The lowest BCUT2D eigenvalue weighted by molar-refractivity contribution is -0.928. The summed E-state index contributed by atoms with van der Waals surface area (Å²) < 4.78 is 10.8. The lowest BCUT2D eigenvalue weighted by atomic mass is 10.1. The van der Waals surface area contributed by atoms with E-state index in [1.54, 1.807) is 25.3 Å². The van der Waals surface area contributed by atoms with Gasteiger partial charge in [0.25, 0.3) is 5.91 Å². The normalized spacial score (nSPS) is 26.3. The van der Waals surface area contributed by atoms with Gasteiger partial charge in [-0.15, -0.1) is 0 Å². The van der Waals surface area contributed by atoms with Gasteiger partial charge in [0.05, 0.1) is 12.1 Å². The van der Waals surface area contributed by atoms with Gasteiger partial charge in [0.15, 0.2) is 6.04 Å². The summed E-state index contributed by atoms with van der Waals surface area (Å²) in [7, 11) is 1.56. The zero-order valence-electron chi connectivity index (χ0n) is 13.5. The van der Waals surface area contributed by atoms with E-state index in [2.05, 4.69) is 5.32 Å². The maximum absolute atomic E-state index is 12.4. The molecule has 1 saturated heterocycles. The molecule has 1 aliphatic rings. The quantitative estimate of drug-likeness (QED) is 0.878. The summed E-state index contributed by atoms with van der Waals surface area (Å²) in [5.74, 6) is 0.576. The van der Waals surface area contributed by atoms with Crippen molar-refractivity contribution in [1.29, 1.82) is 0 Å². The topological polar surface area (TPSA) is 52.0 Å². The summed E-state index contributed by atoms with van der Waals surface area (Å²) in [6.45, 7) is 7.71. The maximum atomic E-state index is 12.4. The minimum absolute atomic E-state index is 0.0162. The minimum atomic E-state index is -0.144. The number of methoxy groups -OCH3 is 1. The highest BCUT2D eigenvalue weighted by Crippen LogP contribution is 2.27. The number of ether oxygens (including phenoxy) is 2. The van der Waals surface area contributed by atoms with Crippen molar-refractivity contribution in [1.82, 2.24) is 0 Å². The number of anilines is 1. The number of halogens is 1. The Hall–Kier alpha value is -1.30. The van der Waals surface area contributed by atoms with E-state index in [0.29, 0.717) is 16.5 Å². The van der Waals surface area contributed by atoms with Gasteiger partial charge in [0, 0.05) is 5.69 Å². The minimum Gasteiger partial charge on any atom is -0.495 e. The Morgan fingerprint density at radius 1 is 1.41 bits per heavy atom. The molecule has 1 aromatic rings. The summed E-state index contributed by atoms with van der Waals surface area (Å²) in [5, 5.41) is 3.40. The highest BCUT2D eigenvalue weighted by atomic mass is 35.5. The molecule has 1 amide bonds. The van der Waals surface area contributed by atoms with E-state index >= 15 is 0 Å². The first kappa shape index (κ1) is 17.1. The number of rotatable bonds is 4. The molecule has 1 fully saturated rings. The van der Waals surface area contributed by atoms with Gasteiger partial charge in [-0.05, 0) is 39.0 Å². The van der Waals surface area contributed by atoms with Crippen molar-refractivity contribution in [3.8, 4) is 5.75 Å². The van der Waals surface area contributed by atoms with Crippen molar-refractivity contribution >= 4 is 23.2 Å². The van der Waals surface area contributed by atoms with Crippen LogP contribution >= 0.6 is 11.6 Å². The Labute approximate surface area is 136 Å². The number of carbonyl (C=O) groups is 1. The fourth-order valence-electron chi connectivity index (χ4n) is 2.85. The second-order valence-electron chi connectivity index (χ2n) is 5.88. The Morgan fingerprint density at radius 3 is 2.59 bits per heavy atom. The maximum Gasteiger partial charge on any atom is 0.282 e. The number of hydrogen-bond acceptors (Lipinski definition) is 3. The summed E-state index contributed by atoms with van der Waals surface area (Å²) in [6, 6.07) is 5.09. The summed E-state index contributed by atoms with van der Waals surface area (Å²) in [5.41, 5.74) is 0.677. The molecule has 122 valence electrons. The molecule has 0 aromatic heterocycles. The SMILES string of the molecule is COc1ccc(NC(=O)[C@H](C)[NH+]2C[C@@H](C)O[C@@H](C)C2)cc1Cl. The molecular weight excluding hydrogens is 304 g/mol. The first-order chi connectivity index (χ1) is 10.4. The molecule has 0 spiro atoms. The van der Waals surface area contributed by atoms with Crippen molar-refractivity contribution in [2.75, 3.05) is 25.5 Å². The summed E-state index contributed by atoms with van der Waals surface area (Å²) >= 11 is 6.08. The lowest BCUT2D eigenvalue weighted by Crippen LogP contribution is -3.19. The Morgan fingerprint density at radius 2 is 2.05 bits per heavy atom. The van der Waals surface area contributed by atoms with Crippen molar-refractivity contribution in [2.24, 2.45) is 0 Å². The fourth-order valence-corrected chi connectivity index (χ4v) is 3.11. The van der Waals surface area contributed by atoms with Crippen LogP contribution in [0.2, 0.25) is 5.02 Å². The number of amides is 1. The zero-order valence-corrected chi connectivity index (χ0v) is 14.2. The second-order valence-corrected chi connectivity index (χ2v) is 6.29. The predicted octanol–water partition coefficient (Wildman–Crippen LogP) is 1.37. The van der Waals surface area contributed by atoms with Crippen LogP contribution in [-0.4, -0.2) is 44.4 Å². The van der Waals surface area contributed by atoms with E-state index in [-0.39, 0.29) is 24.2 Å². The van der Waals surface area contributed by atoms with E-state index in [1.807, 2.05) is 20.8 Å². The molecule has 0 bridgehead atoms. The van der Waals surface area contributed by atoms with E-state index in [4.69, 9.17) is 21.1 Å². The lowest BCUT2D eigenvalue weighted by Gasteiger charge is -2.35. The third-order valence-corrected chi connectivity index (χ3v) is 4.28. The molecule has 4 atom stereocenters. The smallest absolute Gasteiger partial charge is 0.282 e. The third-order valence-electron chi connectivity index (χ3n) is 3.99. The number of carbonyl (C=O) groups excluding carboxylic acids is 1. The molecule has 1 aliphatic heterocycles. The largest absolute Gasteiger partial charge is 0.495 e. The first-order valence-corrected chi connectivity index (χ1v) is 7.93. The van der Waals surface area contributed by atoms with E-state index < -0.39 is 0 Å². The highest BCUT2D eigenvalue weighted by Gasteiger charge is 2.32. The van der Waals surface area contributed by atoms with Crippen LogP contribution in [0, 0.1) is 0 Å². The highest BCUT2D eigenvalue weighted by molar-refractivity contribution is 6.32. The number of morpholine rings is 1. The van der Waals surface area contributed by atoms with Gasteiger partial charge >= 0.3 is 0 Å². The van der Waals surface area contributed by atoms with Crippen LogP contribution in [0.5, 0.6) is 5.75 Å². The summed E-state index contributed by atoms with van der Waals surface area (Å²) in [6.07, 6.45) is 0.342. The number of nitrogens with one attached hydrogen (secondary N) is 2. The van der Waals surface area contributed by atoms with Gasteiger partial charge in [-0.1, -0.05) is 11.6 Å². The number of hydrogen-bond donors (Lipinski definition) is 2. The monoisotopic (exact) mass is 327 g/mol. The van der Waals surface area contributed by atoms with Crippen LogP contribution < -0.4 is 15.0 Å². The molecule has 1 aromatic carbocycles. The summed E-state index contributed by atoms with van der Waals surface area (Å²) in [4.78, 5) is 13.7. The van der Waals surface area contributed by atoms with Crippen LogP contribution in [0.3, 0.4) is 0 Å². The molecule has 2 N–H and O–H groups in total. The molecule has 1 unspecified atom stereocenters. The molecule has 2 rings (SSSR count). The molecule has 6 heteroatoms. The molecule has 22 heavy (non-hydrogen) atoms. The van der Waals surface area contributed by atoms with Gasteiger partial charge in [0.2, 0.25) is 0 Å². The van der Waals surface area contributed by atoms with Crippen molar-refractivity contribution in [3.05, 3.63) is 23.2 Å². The van der Waals surface area contributed by atoms with Crippen molar-refractivity contribution in [3.63, 3.8) is 0 Å². The van der Waals surface area contributed by atoms with Crippen molar-refractivity contribution in [2.45, 2.75) is 39.0 Å². The van der Waals surface area contributed by atoms with Gasteiger partial charge in [-0.2, -0.15) is 0 Å². The molecular formula is C16H24ClN2O3+. The van der Waals surface area contributed by atoms with E-state index in [1.165, 1.54) is 4.90 Å².